The van der Waals surface area contributed by atoms with E-state index in [1.165, 1.54) is 4.31 Å². The summed E-state index contributed by atoms with van der Waals surface area (Å²) in [6.07, 6.45) is 0. The number of carbonyl (C=O) groups excluding carboxylic acids is 2. The van der Waals surface area contributed by atoms with Gasteiger partial charge in [-0.25, -0.2) is 18.0 Å². The van der Waals surface area contributed by atoms with Gasteiger partial charge in [0, 0.05) is 38.4 Å². The molecule has 2 heterocycles. The molecule has 1 saturated heterocycles. The Morgan fingerprint density at radius 1 is 0.941 bits per heavy atom. The minimum absolute atomic E-state index is 0.215. The number of hydrogen-bond acceptors (Lipinski definition) is 7. The molecule has 186 valence electrons. The number of benzene rings is 1. The van der Waals surface area contributed by atoms with Crippen molar-refractivity contribution in [2.75, 3.05) is 39.4 Å². The van der Waals surface area contributed by atoms with Crippen molar-refractivity contribution in [3.05, 3.63) is 51.8 Å². The number of hydrogen-bond donors (Lipinski definition) is 1. The number of piperazine rings is 1. The fourth-order valence-corrected chi connectivity index (χ4v) is 5.55. The van der Waals surface area contributed by atoms with Crippen molar-refractivity contribution in [2.45, 2.75) is 46.1 Å². The molecule has 0 amide bonds. The molecule has 1 fully saturated rings. The molecule has 10 heteroatoms. The first-order valence-corrected chi connectivity index (χ1v) is 12.9. The molecule has 3 rings (SSSR count). The first-order chi connectivity index (χ1) is 16.1. The molecule has 0 aliphatic carbocycles. The maximum Gasteiger partial charge on any atom is 0.355 e. The van der Waals surface area contributed by atoms with Gasteiger partial charge in [-0.15, -0.1) is 0 Å². The number of aromatic nitrogens is 1. The van der Waals surface area contributed by atoms with Crippen molar-refractivity contribution in [3.63, 3.8) is 0 Å². The van der Waals surface area contributed by atoms with Crippen LogP contribution in [-0.4, -0.2) is 73.9 Å². The zero-order chi connectivity index (χ0) is 25.0. The van der Waals surface area contributed by atoms with Crippen LogP contribution in [0.25, 0.3) is 0 Å². The lowest BCUT2D eigenvalue weighted by Crippen LogP contribution is -2.48. The van der Waals surface area contributed by atoms with Gasteiger partial charge in [0.25, 0.3) is 0 Å². The minimum Gasteiger partial charge on any atom is -0.462 e. The second-order valence-electron chi connectivity index (χ2n) is 8.35. The molecule has 1 aliphatic heterocycles. The van der Waals surface area contributed by atoms with E-state index in [0.29, 0.717) is 54.4 Å². The summed E-state index contributed by atoms with van der Waals surface area (Å²) in [6, 6.07) is 5.18. The number of ether oxygens (including phenoxy) is 2. The number of carbonyl (C=O) groups is 2. The average molecular weight is 492 g/mol. The smallest absolute Gasteiger partial charge is 0.355 e. The van der Waals surface area contributed by atoms with Crippen LogP contribution in [0.4, 0.5) is 0 Å². The van der Waals surface area contributed by atoms with Crippen molar-refractivity contribution in [3.8, 4) is 0 Å². The Kier molecular flexibility index (Phi) is 8.17. The maximum atomic E-state index is 13.1. The van der Waals surface area contributed by atoms with Crippen molar-refractivity contribution in [1.29, 1.82) is 0 Å². The van der Waals surface area contributed by atoms with E-state index < -0.39 is 22.0 Å². The van der Waals surface area contributed by atoms with Gasteiger partial charge in [-0.3, -0.25) is 4.90 Å². The van der Waals surface area contributed by atoms with Gasteiger partial charge in [0.05, 0.1) is 23.7 Å². The number of sulfonamides is 1. The Balaban J connectivity index is 1.76. The van der Waals surface area contributed by atoms with Crippen LogP contribution in [0.5, 0.6) is 0 Å². The first-order valence-electron chi connectivity index (χ1n) is 11.5. The first kappa shape index (κ1) is 25.9. The molecule has 9 nitrogen and oxygen atoms in total. The van der Waals surface area contributed by atoms with Gasteiger partial charge in [0.15, 0.2) is 0 Å². The van der Waals surface area contributed by atoms with Crippen LogP contribution in [0.2, 0.25) is 0 Å². The summed E-state index contributed by atoms with van der Waals surface area (Å²) in [5, 5.41) is 0. The van der Waals surface area contributed by atoms with Gasteiger partial charge in [0.2, 0.25) is 10.0 Å². The number of H-pyrrole nitrogens is 1. The number of aromatic amines is 1. The number of nitrogens with zero attached hydrogens (tertiary/aromatic N) is 2. The highest BCUT2D eigenvalue weighted by Gasteiger charge is 2.31. The lowest BCUT2D eigenvalue weighted by Gasteiger charge is -2.34. The third-order valence-corrected chi connectivity index (χ3v) is 8.01. The molecule has 0 atom stereocenters. The van der Waals surface area contributed by atoms with Crippen LogP contribution in [0.15, 0.2) is 23.1 Å². The summed E-state index contributed by atoms with van der Waals surface area (Å²) < 4.78 is 38.0. The highest BCUT2D eigenvalue weighted by Crippen LogP contribution is 2.24. The second kappa shape index (κ2) is 10.7. The van der Waals surface area contributed by atoms with Crippen molar-refractivity contribution < 1.29 is 27.5 Å². The highest BCUT2D eigenvalue weighted by molar-refractivity contribution is 7.89. The van der Waals surface area contributed by atoms with Gasteiger partial charge in [0.1, 0.15) is 5.69 Å². The lowest BCUT2D eigenvalue weighted by molar-refractivity contribution is 0.0516. The van der Waals surface area contributed by atoms with E-state index >= 15 is 0 Å². The third kappa shape index (κ3) is 5.34. The largest absolute Gasteiger partial charge is 0.462 e. The summed E-state index contributed by atoms with van der Waals surface area (Å²) in [6.45, 7) is 11.4. The van der Waals surface area contributed by atoms with Gasteiger partial charge in [-0.2, -0.15) is 4.31 Å². The van der Waals surface area contributed by atoms with Gasteiger partial charge in [-0.1, -0.05) is 6.07 Å². The second-order valence-corrected chi connectivity index (χ2v) is 10.3. The molecule has 0 unspecified atom stereocenters. The predicted octanol–water partition coefficient (Wildman–Crippen LogP) is 2.80. The summed E-state index contributed by atoms with van der Waals surface area (Å²) in [5.74, 6) is -1.03. The predicted molar refractivity (Wildman–Crippen MR) is 127 cm³/mol. The van der Waals surface area contributed by atoms with Crippen LogP contribution < -0.4 is 0 Å². The van der Waals surface area contributed by atoms with Crippen molar-refractivity contribution in [2.24, 2.45) is 0 Å². The minimum atomic E-state index is -3.58. The van der Waals surface area contributed by atoms with Crippen molar-refractivity contribution in [1.82, 2.24) is 14.2 Å². The fourth-order valence-electron chi connectivity index (χ4n) is 4.04. The molecular weight excluding hydrogens is 458 g/mol. The number of aryl methyl sites for hydroxylation is 2. The molecule has 1 aromatic heterocycles. The van der Waals surface area contributed by atoms with Crippen LogP contribution in [0.1, 0.15) is 57.1 Å². The highest BCUT2D eigenvalue weighted by atomic mass is 32.2. The molecule has 1 N–H and O–H groups in total. The topological polar surface area (TPSA) is 109 Å². The summed E-state index contributed by atoms with van der Waals surface area (Å²) in [5.41, 5.74) is 3.59. The Bertz CT molecular complexity index is 1160. The number of esters is 2. The van der Waals surface area contributed by atoms with Crippen LogP contribution in [0.3, 0.4) is 0 Å². The van der Waals surface area contributed by atoms with E-state index in [1.54, 1.807) is 32.9 Å². The molecule has 1 aliphatic rings. The Morgan fingerprint density at radius 3 is 2.15 bits per heavy atom. The molecule has 1 aromatic carbocycles. The standard InChI is InChI=1S/C24H33N3O6S/c1-6-32-23(28)21-18(5)22(24(29)33-7-2)25-20(21)15-26-10-12-27(13-11-26)34(30,31)19-9-8-16(3)17(4)14-19/h8-9,14,25H,6-7,10-13,15H2,1-5H3. The Hall–Kier alpha value is -2.69. The zero-order valence-corrected chi connectivity index (χ0v) is 21.3. The SMILES string of the molecule is CCOC(=O)c1[nH]c(CN2CCN(S(=O)(=O)c3ccc(C)c(C)c3)CC2)c(C(=O)OCC)c1C. The van der Waals surface area contributed by atoms with Crippen LogP contribution >= 0.6 is 0 Å². The number of rotatable bonds is 8. The summed E-state index contributed by atoms with van der Waals surface area (Å²) in [4.78, 5) is 30.4. The molecule has 0 bridgehead atoms. The van der Waals surface area contributed by atoms with E-state index in [2.05, 4.69) is 9.88 Å². The monoisotopic (exact) mass is 491 g/mol. The van der Waals surface area contributed by atoms with Crippen molar-refractivity contribution >= 4 is 22.0 Å². The average Bonchev–Trinajstić information content (AvgIpc) is 3.12. The quantitative estimate of drug-likeness (QED) is 0.566. The summed E-state index contributed by atoms with van der Waals surface area (Å²) in [7, 11) is -3.58. The van der Waals surface area contributed by atoms with E-state index in [1.807, 2.05) is 19.9 Å². The van der Waals surface area contributed by atoms with Gasteiger partial charge >= 0.3 is 11.9 Å². The zero-order valence-electron chi connectivity index (χ0n) is 20.4. The third-order valence-electron chi connectivity index (χ3n) is 6.12. The lowest BCUT2D eigenvalue weighted by atomic mass is 10.1. The Morgan fingerprint density at radius 2 is 1.56 bits per heavy atom. The van der Waals surface area contributed by atoms with E-state index in [4.69, 9.17) is 9.47 Å². The van der Waals surface area contributed by atoms with Gasteiger partial charge < -0.3 is 14.5 Å². The molecule has 0 radical (unpaired) electrons. The van der Waals surface area contributed by atoms with Crippen LogP contribution in [-0.2, 0) is 26.0 Å². The summed E-state index contributed by atoms with van der Waals surface area (Å²) >= 11 is 0. The number of nitrogens with one attached hydrogen (secondary N) is 1. The molecule has 0 saturated carbocycles. The van der Waals surface area contributed by atoms with E-state index in [-0.39, 0.29) is 18.9 Å². The van der Waals surface area contributed by atoms with E-state index in [0.717, 1.165) is 11.1 Å². The molecule has 2 aromatic rings. The maximum absolute atomic E-state index is 13.1. The molecule has 0 spiro atoms. The van der Waals surface area contributed by atoms with Gasteiger partial charge in [-0.05, 0) is 63.4 Å². The molecular formula is C24H33N3O6S. The Labute approximate surface area is 201 Å². The molecule has 34 heavy (non-hydrogen) atoms. The fraction of sp³-hybridized carbons (Fsp3) is 0.500. The van der Waals surface area contributed by atoms with E-state index in [9.17, 15) is 18.0 Å². The van der Waals surface area contributed by atoms with Crippen LogP contribution in [0, 0.1) is 20.8 Å². The normalized spacial score (nSPS) is 15.3.